The Bertz CT molecular complexity index is 667. The zero-order valence-electron chi connectivity index (χ0n) is 14.7. The monoisotopic (exact) mass is 296 g/mol. The molecule has 0 aliphatic heterocycles. The van der Waals surface area contributed by atoms with Gasteiger partial charge in [0.15, 0.2) is 0 Å². The Kier molecular flexibility index (Phi) is 6.55. The van der Waals surface area contributed by atoms with Gasteiger partial charge in [0.1, 0.15) is 6.29 Å². The van der Waals surface area contributed by atoms with E-state index in [2.05, 4.69) is 64.1 Å². The number of hydrogen-bond donors (Lipinski definition) is 0. The van der Waals surface area contributed by atoms with E-state index in [9.17, 15) is 4.79 Å². The van der Waals surface area contributed by atoms with E-state index in [0.29, 0.717) is 0 Å². The summed E-state index contributed by atoms with van der Waals surface area (Å²) < 4.78 is 0. The summed E-state index contributed by atoms with van der Waals surface area (Å²) in [4.78, 5) is 10.9. The quantitative estimate of drug-likeness (QED) is 0.500. The van der Waals surface area contributed by atoms with Gasteiger partial charge in [0.25, 0.3) is 0 Å². The van der Waals surface area contributed by atoms with E-state index in [4.69, 9.17) is 0 Å². The zero-order valence-corrected chi connectivity index (χ0v) is 14.7. The highest BCUT2D eigenvalue weighted by molar-refractivity contribution is 5.88. The Morgan fingerprint density at radius 1 is 1.14 bits per heavy atom. The van der Waals surface area contributed by atoms with Crippen molar-refractivity contribution in [3.63, 3.8) is 0 Å². The maximum Gasteiger partial charge on any atom is 0.142 e. The molecule has 1 atom stereocenters. The van der Waals surface area contributed by atoms with Crippen molar-refractivity contribution in [1.29, 1.82) is 0 Å². The summed E-state index contributed by atoms with van der Waals surface area (Å²) in [7, 11) is 0. The van der Waals surface area contributed by atoms with E-state index >= 15 is 0 Å². The highest BCUT2D eigenvalue weighted by atomic mass is 16.1. The molecule has 2 rings (SSSR count). The second-order valence-corrected chi connectivity index (χ2v) is 5.65. The fraction of sp³-hybridized carbons (Fsp3) is 0.381. The first-order chi connectivity index (χ1) is 10.5. The van der Waals surface area contributed by atoms with Gasteiger partial charge >= 0.3 is 0 Å². The van der Waals surface area contributed by atoms with Gasteiger partial charge in [0, 0.05) is 5.41 Å². The minimum atomic E-state index is -0.105. The van der Waals surface area contributed by atoms with Gasteiger partial charge in [-0.05, 0) is 48.2 Å². The third kappa shape index (κ3) is 3.30. The van der Waals surface area contributed by atoms with Crippen LogP contribution in [0.15, 0.2) is 48.0 Å². The summed E-state index contributed by atoms with van der Waals surface area (Å²) in [5.74, 6) is 0. The number of fused-ring (bicyclic) bond motifs is 1. The van der Waals surface area contributed by atoms with E-state index in [1.165, 1.54) is 21.9 Å². The first kappa shape index (κ1) is 18.2. The number of benzene rings is 2. The molecule has 22 heavy (non-hydrogen) atoms. The molecular weight excluding hydrogens is 268 g/mol. The first-order valence-corrected chi connectivity index (χ1v) is 8.16. The molecule has 0 saturated heterocycles. The van der Waals surface area contributed by atoms with Crippen LogP contribution in [0.1, 0.15) is 52.2 Å². The summed E-state index contributed by atoms with van der Waals surface area (Å²) in [6.45, 7) is 12.6. The molecule has 1 unspecified atom stereocenters. The van der Waals surface area contributed by atoms with Crippen LogP contribution >= 0.6 is 0 Å². The number of allylic oxidation sites excluding steroid dienone is 2. The topological polar surface area (TPSA) is 17.1 Å². The van der Waals surface area contributed by atoms with E-state index in [1.54, 1.807) is 6.08 Å². The molecule has 0 aliphatic rings. The van der Waals surface area contributed by atoms with Crippen LogP contribution in [0.4, 0.5) is 0 Å². The van der Waals surface area contributed by atoms with Gasteiger partial charge in [-0.25, -0.2) is 0 Å². The maximum absolute atomic E-state index is 10.9. The highest BCUT2D eigenvalue weighted by Gasteiger charge is 2.29. The number of carbonyl (C=O) groups excluding carboxylic acids is 1. The summed E-state index contributed by atoms with van der Waals surface area (Å²) >= 11 is 0. The van der Waals surface area contributed by atoms with Crippen molar-refractivity contribution >= 4 is 17.1 Å². The minimum absolute atomic E-state index is 0.105. The second kappa shape index (κ2) is 7.93. The van der Waals surface area contributed by atoms with Gasteiger partial charge in [-0.2, -0.15) is 0 Å². The third-order valence-corrected chi connectivity index (χ3v) is 4.58. The highest BCUT2D eigenvalue weighted by Crippen LogP contribution is 2.40. The number of rotatable bonds is 4. The van der Waals surface area contributed by atoms with Gasteiger partial charge in [0.05, 0.1) is 0 Å². The summed E-state index contributed by atoms with van der Waals surface area (Å²) in [5, 5.41) is 2.54. The molecule has 118 valence electrons. The Balaban J connectivity index is 0.00000116. The zero-order chi connectivity index (χ0) is 16.8. The van der Waals surface area contributed by atoms with E-state index in [-0.39, 0.29) is 5.41 Å². The van der Waals surface area contributed by atoms with Gasteiger partial charge in [-0.15, -0.1) is 0 Å². The van der Waals surface area contributed by atoms with Crippen molar-refractivity contribution < 1.29 is 4.79 Å². The summed E-state index contributed by atoms with van der Waals surface area (Å²) in [6, 6.07) is 12.8. The summed E-state index contributed by atoms with van der Waals surface area (Å²) in [6.07, 6.45) is 3.56. The van der Waals surface area contributed by atoms with Crippen molar-refractivity contribution in [3.05, 3.63) is 59.2 Å². The number of aryl methyl sites for hydroxylation is 1. The van der Waals surface area contributed by atoms with Gasteiger partial charge in [-0.1, -0.05) is 69.7 Å². The Morgan fingerprint density at radius 3 is 2.36 bits per heavy atom. The standard InChI is InChI=1S/C19H22O.C2H6/c1-5-19(4,15(3)12-13-20)18-14(2)10-11-16-8-6-7-9-17(16)18;1-2/h6-13H,5H2,1-4H3;1-2H3/b15-12+;. The molecule has 1 heteroatoms. The lowest BCUT2D eigenvalue weighted by molar-refractivity contribution is -0.104. The number of carbonyl (C=O) groups is 1. The van der Waals surface area contributed by atoms with Crippen LogP contribution in [0, 0.1) is 6.92 Å². The van der Waals surface area contributed by atoms with Crippen LogP contribution in [0.25, 0.3) is 10.8 Å². The molecule has 0 saturated carbocycles. The minimum Gasteiger partial charge on any atom is -0.299 e. The maximum atomic E-state index is 10.9. The van der Waals surface area contributed by atoms with Crippen LogP contribution in [-0.2, 0) is 10.2 Å². The molecule has 2 aromatic rings. The molecular formula is C21H28O. The molecule has 0 aromatic heterocycles. The average Bonchev–Trinajstić information content (AvgIpc) is 2.56. The fourth-order valence-electron chi connectivity index (χ4n) is 3.05. The van der Waals surface area contributed by atoms with Crippen LogP contribution in [0.5, 0.6) is 0 Å². The molecule has 0 N–H and O–H groups in total. The Morgan fingerprint density at radius 2 is 1.77 bits per heavy atom. The Labute approximate surface area is 135 Å². The van der Waals surface area contributed by atoms with Gasteiger partial charge in [-0.3, -0.25) is 4.79 Å². The van der Waals surface area contributed by atoms with Gasteiger partial charge in [0.2, 0.25) is 0 Å². The van der Waals surface area contributed by atoms with E-state index < -0.39 is 0 Å². The predicted octanol–water partition coefficient (Wildman–Crippen LogP) is 5.99. The SMILES string of the molecule is CC.CCC(C)(/C(C)=C/C=O)c1c(C)ccc2ccccc12. The lowest BCUT2D eigenvalue weighted by Crippen LogP contribution is -2.24. The van der Waals surface area contributed by atoms with Crippen LogP contribution in [-0.4, -0.2) is 6.29 Å². The molecule has 0 bridgehead atoms. The van der Waals surface area contributed by atoms with Crippen LogP contribution in [0.3, 0.4) is 0 Å². The van der Waals surface area contributed by atoms with Crippen LogP contribution in [0.2, 0.25) is 0 Å². The van der Waals surface area contributed by atoms with Gasteiger partial charge < -0.3 is 0 Å². The molecule has 0 amide bonds. The molecule has 1 nitrogen and oxygen atoms in total. The molecule has 0 spiro atoms. The predicted molar refractivity (Wildman–Crippen MR) is 97.5 cm³/mol. The molecule has 0 heterocycles. The fourth-order valence-corrected chi connectivity index (χ4v) is 3.05. The average molecular weight is 296 g/mol. The van der Waals surface area contributed by atoms with Crippen molar-refractivity contribution in [3.8, 4) is 0 Å². The molecule has 2 aromatic carbocycles. The molecule has 0 fully saturated rings. The number of aldehydes is 1. The van der Waals surface area contributed by atoms with E-state index in [1.807, 2.05) is 13.8 Å². The van der Waals surface area contributed by atoms with Crippen molar-refractivity contribution in [2.75, 3.05) is 0 Å². The lowest BCUT2D eigenvalue weighted by Gasteiger charge is -2.33. The van der Waals surface area contributed by atoms with Crippen LogP contribution < -0.4 is 0 Å². The normalized spacial score (nSPS) is 14.0. The van der Waals surface area contributed by atoms with Crippen molar-refractivity contribution in [1.82, 2.24) is 0 Å². The summed E-state index contributed by atoms with van der Waals surface area (Å²) in [5.41, 5.74) is 3.64. The van der Waals surface area contributed by atoms with Crippen molar-refractivity contribution in [2.24, 2.45) is 0 Å². The molecule has 0 radical (unpaired) electrons. The second-order valence-electron chi connectivity index (χ2n) is 5.65. The van der Waals surface area contributed by atoms with E-state index in [0.717, 1.165) is 18.3 Å². The van der Waals surface area contributed by atoms with Crippen molar-refractivity contribution in [2.45, 2.75) is 53.4 Å². The Hall–Kier alpha value is -1.89. The third-order valence-electron chi connectivity index (χ3n) is 4.58. The largest absolute Gasteiger partial charge is 0.299 e. The number of hydrogen-bond acceptors (Lipinski definition) is 1. The lowest BCUT2D eigenvalue weighted by atomic mass is 9.71. The molecule has 0 aliphatic carbocycles. The smallest absolute Gasteiger partial charge is 0.142 e. The first-order valence-electron chi connectivity index (χ1n) is 8.16.